The summed E-state index contributed by atoms with van der Waals surface area (Å²) in [6.07, 6.45) is 2.01. The van der Waals surface area contributed by atoms with Crippen LogP contribution in [-0.4, -0.2) is 14.7 Å². The highest BCUT2D eigenvalue weighted by Crippen LogP contribution is 2.11. The Morgan fingerprint density at radius 1 is 1.35 bits per heavy atom. The minimum absolute atomic E-state index is 0.316. The van der Waals surface area contributed by atoms with Crippen molar-refractivity contribution in [1.29, 1.82) is 0 Å². The molecular weight excluding hydrogens is 240 g/mol. The molecule has 0 saturated heterocycles. The van der Waals surface area contributed by atoms with Crippen LogP contribution in [0.5, 0.6) is 0 Å². The SMILES string of the molecule is O=c1ncc(Cl)cn1C(O)Cc1ccccc1. The normalized spacial score (nSPS) is 12.4. The third kappa shape index (κ3) is 2.93. The first-order valence-electron chi connectivity index (χ1n) is 5.12. The molecule has 88 valence electrons. The van der Waals surface area contributed by atoms with Crippen LogP contribution in [0.2, 0.25) is 5.02 Å². The van der Waals surface area contributed by atoms with Gasteiger partial charge in [-0.05, 0) is 5.56 Å². The first-order valence-corrected chi connectivity index (χ1v) is 5.50. The zero-order chi connectivity index (χ0) is 12.3. The maximum Gasteiger partial charge on any atom is 0.349 e. The summed E-state index contributed by atoms with van der Waals surface area (Å²) in [5.41, 5.74) is 0.421. The molecule has 0 aliphatic rings. The van der Waals surface area contributed by atoms with Gasteiger partial charge in [-0.25, -0.2) is 4.79 Å². The van der Waals surface area contributed by atoms with Crippen LogP contribution in [0.15, 0.2) is 47.5 Å². The van der Waals surface area contributed by atoms with Crippen molar-refractivity contribution in [2.75, 3.05) is 0 Å². The van der Waals surface area contributed by atoms with Gasteiger partial charge in [-0.1, -0.05) is 41.9 Å². The summed E-state index contributed by atoms with van der Waals surface area (Å²) in [4.78, 5) is 15.0. The number of rotatable bonds is 3. The molecule has 4 nitrogen and oxygen atoms in total. The predicted molar refractivity (Wildman–Crippen MR) is 64.9 cm³/mol. The van der Waals surface area contributed by atoms with Gasteiger partial charge in [0.15, 0.2) is 0 Å². The summed E-state index contributed by atoms with van der Waals surface area (Å²) in [5.74, 6) is 0. The van der Waals surface area contributed by atoms with Crippen LogP contribution in [0.1, 0.15) is 11.8 Å². The van der Waals surface area contributed by atoms with Crippen LogP contribution in [0.25, 0.3) is 0 Å². The second-order valence-corrected chi connectivity index (χ2v) is 4.07. The Balaban J connectivity index is 2.23. The van der Waals surface area contributed by atoms with E-state index in [0.29, 0.717) is 11.4 Å². The Labute approximate surface area is 103 Å². The van der Waals surface area contributed by atoms with E-state index in [4.69, 9.17) is 11.6 Å². The van der Waals surface area contributed by atoms with Crippen LogP contribution >= 0.6 is 11.6 Å². The van der Waals surface area contributed by atoms with Gasteiger partial charge in [-0.2, -0.15) is 4.98 Å². The molecule has 0 saturated carbocycles. The molecule has 1 N–H and O–H groups in total. The van der Waals surface area contributed by atoms with Gasteiger partial charge >= 0.3 is 5.69 Å². The number of halogens is 1. The van der Waals surface area contributed by atoms with Gasteiger partial charge in [0.25, 0.3) is 0 Å². The van der Waals surface area contributed by atoms with Gasteiger partial charge < -0.3 is 5.11 Å². The van der Waals surface area contributed by atoms with Crippen LogP contribution in [0, 0.1) is 0 Å². The highest BCUT2D eigenvalue weighted by atomic mass is 35.5. The van der Waals surface area contributed by atoms with Gasteiger partial charge in [-0.15, -0.1) is 0 Å². The number of benzene rings is 1. The molecule has 17 heavy (non-hydrogen) atoms. The quantitative estimate of drug-likeness (QED) is 0.901. The largest absolute Gasteiger partial charge is 0.373 e. The number of aliphatic hydroxyl groups is 1. The van der Waals surface area contributed by atoms with E-state index in [1.165, 1.54) is 12.4 Å². The maximum atomic E-state index is 11.4. The van der Waals surface area contributed by atoms with E-state index in [0.717, 1.165) is 10.1 Å². The van der Waals surface area contributed by atoms with E-state index in [2.05, 4.69) is 4.98 Å². The highest BCUT2D eigenvalue weighted by molar-refractivity contribution is 6.30. The minimum atomic E-state index is -0.962. The van der Waals surface area contributed by atoms with Crippen molar-refractivity contribution in [1.82, 2.24) is 9.55 Å². The minimum Gasteiger partial charge on any atom is -0.373 e. The molecule has 0 radical (unpaired) electrons. The zero-order valence-electron chi connectivity index (χ0n) is 8.95. The van der Waals surface area contributed by atoms with Crippen LogP contribution in [0.4, 0.5) is 0 Å². The van der Waals surface area contributed by atoms with E-state index >= 15 is 0 Å². The van der Waals surface area contributed by atoms with Crippen LogP contribution in [0.3, 0.4) is 0 Å². The number of aliphatic hydroxyl groups excluding tert-OH is 1. The Hall–Kier alpha value is -1.65. The Morgan fingerprint density at radius 2 is 2.06 bits per heavy atom. The monoisotopic (exact) mass is 250 g/mol. The Morgan fingerprint density at radius 3 is 2.76 bits per heavy atom. The fourth-order valence-corrected chi connectivity index (χ4v) is 1.70. The molecule has 0 bridgehead atoms. The summed E-state index contributed by atoms with van der Waals surface area (Å²) < 4.78 is 1.12. The number of aromatic nitrogens is 2. The molecule has 1 atom stereocenters. The molecule has 1 aromatic heterocycles. The molecule has 0 fully saturated rings. The highest BCUT2D eigenvalue weighted by Gasteiger charge is 2.10. The smallest absolute Gasteiger partial charge is 0.349 e. The lowest BCUT2D eigenvalue weighted by molar-refractivity contribution is 0.0990. The molecule has 1 aromatic carbocycles. The summed E-state index contributed by atoms with van der Waals surface area (Å²) in [7, 11) is 0. The second-order valence-electron chi connectivity index (χ2n) is 3.63. The standard InChI is InChI=1S/C12H11ClN2O2/c13-10-7-14-12(17)15(8-10)11(16)6-9-4-2-1-3-5-9/h1-5,7-8,11,16H,6H2. The van der Waals surface area contributed by atoms with Crippen LogP contribution < -0.4 is 5.69 Å². The van der Waals surface area contributed by atoms with Crippen molar-refractivity contribution >= 4 is 11.6 Å². The molecule has 0 aliphatic heterocycles. The van der Waals surface area contributed by atoms with E-state index in [1.807, 2.05) is 30.3 Å². The lowest BCUT2D eigenvalue weighted by Gasteiger charge is -2.13. The van der Waals surface area contributed by atoms with Gasteiger partial charge in [0.2, 0.25) is 0 Å². The average molecular weight is 251 g/mol. The van der Waals surface area contributed by atoms with Gasteiger partial charge in [0.1, 0.15) is 6.23 Å². The summed E-state index contributed by atoms with van der Waals surface area (Å²) in [5, 5.41) is 10.3. The van der Waals surface area contributed by atoms with E-state index in [-0.39, 0.29) is 0 Å². The molecule has 5 heteroatoms. The number of hydrogen-bond donors (Lipinski definition) is 1. The first-order chi connectivity index (χ1) is 8.16. The molecule has 0 amide bonds. The maximum absolute atomic E-state index is 11.4. The summed E-state index contributed by atoms with van der Waals surface area (Å²) >= 11 is 5.73. The van der Waals surface area contributed by atoms with Crippen molar-refractivity contribution in [3.8, 4) is 0 Å². The van der Waals surface area contributed by atoms with Crippen molar-refractivity contribution in [2.45, 2.75) is 12.6 Å². The van der Waals surface area contributed by atoms with E-state index < -0.39 is 11.9 Å². The molecule has 1 heterocycles. The predicted octanol–water partition coefficient (Wildman–Crippen LogP) is 1.63. The molecule has 2 aromatic rings. The van der Waals surface area contributed by atoms with Crippen molar-refractivity contribution < 1.29 is 5.11 Å². The van der Waals surface area contributed by atoms with Crippen LogP contribution in [-0.2, 0) is 6.42 Å². The topological polar surface area (TPSA) is 55.1 Å². The first kappa shape index (κ1) is 11.8. The van der Waals surface area contributed by atoms with Crippen molar-refractivity contribution in [3.63, 3.8) is 0 Å². The molecule has 0 spiro atoms. The third-order valence-electron chi connectivity index (χ3n) is 2.36. The number of nitrogens with zero attached hydrogens (tertiary/aromatic N) is 2. The lowest BCUT2D eigenvalue weighted by Crippen LogP contribution is -2.27. The second kappa shape index (κ2) is 5.12. The Kier molecular flexibility index (Phi) is 3.56. The van der Waals surface area contributed by atoms with E-state index in [9.17, 15) is 9.90 Å². The molecule has 2 rings (SSSR count). The van der Waals surface area contributed by atoms with E-state index in [1.54, 1.807) is 0 Å². The zero-order valence-corrected chi connectivity index (χ0v) is 9.71. The van der Waals surface area contributed by atoms with Gasteiger partial charge in [0.05, 0.1) is 11.2 Å². The van der Waals surface area contributed by atoms with Gasteiger partial charge in [0, 0.05) is 12.6 Å². The molecule has 1 unspecified atom stereocenters. The lowest BCUT2D eigenvalue weighted by atomic mass is 10.1. The number of hydrogen-bond acceptors (Lipinski definition) is 3. The molecular formula is C12H11ClN2O2. The van der Waals surface area contributed by atoms with Gasteiger partial charge in [-0.3, -0.25) is 4.57 Å². The Bertz CT molecular complexity index is 554. The van der Waals surface area contributed by atoms with Crippen molar-refractivity contribution in [2.24, 2.45) is 0 Å². The average Bonchev–Trinajstić information content (AvgIpc) is 2.33. The third-order valence-corrected chi connectivity index (χ3v) is 2.56. The summed E-state index contributed by atoms with van der Waals surface area (Å²) in [6, 6.07) is 9.41. The molecule has 0 aliphatic carbocycles. The fraction of sp³-hybridized carbons (Fsp3) is 0.167. The summed E-state index contributed by atoms with van der Waals surface area (Å²) in [6.45, 7) is 0. The van der Waals surface area contributed by atoms with Crippen molar-refractivity contribution in [3.05, 3.63) is 63.8 Å². The fourth-order valence-electron chi connectivity index (χ4n) is 1.54.